The number of rotatable bonds is 5. The van der Waals surface area contributed by atoms with Crippen LogP contribution < -0.4 is 5.32 Å². The molecular formula is C16H17BrFN. The first kappa shape index (κ1) is 14.2. The quantitative estimate of drug-likeness (QED) is 0.813. The SMILES string of the molecule is Cc1cc(F)ccc1CCNCc1cccc(Br)c1. The zero-order valence-corrected chi connectivity index (χ0v) is 12.5. The maximum absolute atomic E-state index is 13.0. The molecule has 3 heteroatoms. The van der Waals surface area contributed by atoms with E-state index in [9.17, 15) is 4.39 Å². The lowest BCUT2D eigenvalue weighted by Gasteiger charge is -2.08. The van der Waals surface area contributed by atoms with E-state index in [1.54, 1.807) is 6.07 Å². The Kier molecular flexibility index (Phi) is 5.11. The van der Waals surface area contributed by atoms with Gasteiger partial charge in [0, 0.05) is 11.0 Å². The lowest BCUT2D eigenvalue weighted by Crippen LogP contribution is -2.17. The van der Waals surface area contributed by atoms with Crippen LogP contribution in [0.5, 0.6) is 0 Å². The minimum absolute atomic E-state index is 0.164. The second-order valence-electron chi connectivity index (χ2n) is 4.63. The molecular weight excluding hydrogens is 305 g/mol. The molecule has 0 aromatic heterocycles. The van der Waals surface area contributed by atoms with Gasteiger partial charge in [-0.3, -0.25) is 0 Å². The Balaban J connectivity index is 1.81. The Labute approximate surface area is 122 Å². The van der Waals surface area contributed by atoms with E-state index in [1.807, 2.05) is 25.1 Å². The molecule has 0 saturated heterocycles. The predicted octanol–water partition coefficient (Wildman–Crippen LogP) is 4.23. The average molecular weight is 322 g/mol. The van der Waals surface area contributed by atoms with Gasteiger partial charge in [-0.2, -0.15) is 0 Å². The maximum Gasteiger partial charge on any atom is 0.123 e. The lowest BCUT2D eigenvalue weighted by atomic mass is 10.1. The van der Waals surface area contributed by atoms with Gasteiger partial charge in [-0.1, -0.05) is 34.1 Å². The van der Waals surface area contributed by atoms with Crippen LogP contribution in [0.3, 0.4) is 0 Å². The third kappa shape index (κ3) is 4.44. The van der Waals surface area contributed by atoms with Gasteiger partial charge in [0.25, 0.3) is 0 Å². The molecule has 2 rings (SSSR count). The summed E-state index contributed by atoms with van der Waals surface area (Å²) in [5.74, 6) is -0.164. The van der Waals surface area contributed by atoms with Gasteiger partial charge in [0.2, 0.25) is 0 Å². The zero-order chi connectivity index (χ0) is 13.7. The Morgan fingerprint density at radius 2 is 2.00 bits per heavy atom. The summed E-state index contributed by atoms with van der Waals surface area (Å²) in [4.78, 5) is 0. The van der Waals surface area contributed by atoms with E-state index < -0.39 is 0 Å². The number of aryl methyl sites for hydroxylation is 1. The Bertz CT molecular complexity index is 554. The third-order valence-corrected chi connectivity index (χ3v) is 3.59. The molecule has 100 valence electrons. The van der Waals surface area contributed by atoms with Crippen LogP contribution >= 0.6 is 15.9 Å². The normalized spacial score (nSPS) is 10.7. The monoisotopic (exact) mass is 321 g/mol. The fraction of sp³-hybridized carbons (Fsp3) is 0.250. The molecule has 0 aliphatic rings. The van der Waals surface area contributed by atoms with Crippen LogP contribution in [0.2, 0.25) is 0 Å². The van der Waals surface area contributed by atoms with E-state index in [2.05, 4.69) is 33.4 Å². The second-order valence-corrected chi connectivity index (χ2v) is 5.54. The van der Waals surface area contributed by atoms with E-state index in [-0.39, 0.29) is 5.82 Å². The van der Waals surface area contributed by atoms with Crippen molar-refractivity contribution >= 4 is 15.9 Å². The van der Waals surface area contributed by atoms with Crippen molar-refractivity contribution in [2.45, 2.75) is 19.9 Å². The van der Waals surface area contributed by atoms with Gasteiger partial charge in [0.15, 0.2) is 0 Å². The summed E-state index contributed by atoms with van der Waals surface area (Å²) in [5, 5.41) is 3.40. The van der Waals surface area contributed by atoms with Crippen LogP contribution in [-0.4, -0.2) is 6.54 Å². The summed E-state index contributed by atoms with van der Waals surface area (Å²) in [6, 6.07) is 13.2. The van der Waals surface area contributed by atoms with Crippen molar-refractivity contribution in [3.8, 4) is 0 Å². The second kappa shape index (κ2) is 6.83. The number of nitrogens with one attached hydrogen (secondary N) is 1. The van der Waals surface area contributed by atoms with Crippen molar-refractivity contribution in [2.75, 3.05) is 6.54 Å². The molecule has 0 spiro atoms. The van der Waals surface area contributed by atoms with Crippen molar-refractivity contribution in [3.63, 3.8) is 0 Å². The first-order valence-electron chi connectivity index (χ1n) is 6.35. The molecule has 0 bridgehead atoms. The van der Waals surface area contributed by atoms with E-state index in [1.165, 1.54) is 17.2 Å². The van der Waals surface area contributed by atoms with Crippen molar-refractivity contribution in [1.29, 1.82) is 0 Å². The number of hydrogen-bond acceptors (Lipinski definition) is 1. The van der Waals surface area contributed by atoms with Gasteiger partial charge >= 0.3 is 0 Å². The molecule has 19 heavy (non-hydrogen) atoms. The van der Waals surface area contributed by atoms with E-state index in [4.69, 9.17) is 0 Å². The van der Waals surface area contributed by atoms with Gasteiger partial charge in [-0.05, 0) is 60.8 Å². The van der Waals surface area contributed by atoms with Gasteiger partial charge < -0.3 is 5.32 Å². The number of benzene rings is 2. The fourth-order valence-electron chi connectivity index (χ4n) is 2.04. The lowest BCUT2D eigenvalue weighted by molar-refractivity contribution is 0.624. The minimum atomic E-state index is -0.164. The van der Waals surface area contributed by atoms with Crippen molar-refractivity contribution in [1.82, 2.24) is 5.32 Å². The van der Waals surface area contributed by atoms with Crippen LogP contribution in [0.1, 0.15) is 16.7 Å². The molecule has 0 aliphatic carbocycles. The smallest absolute Gasteiger partial charge is 0.123 e. The molecule has 0 heterocycles. The average Bonchev–Trinajstić information content (AvgIpc) is 2.37. The molecule has 0 saturated carbocycles. The van der Waals surface area contributed by atoms with Gasteiger partial charge in [0.1, 0.15) is 5.82 Å². The van der Waals surface area contributed by atoms with Gasteiger partial charge in [0.05, 0.1) is 0 Å². The van der Waals surface area contributed by atoms with Crippen LogP contribution in [-0.2, 0) is 13.0 Å². The number of hydrogen-bond donors (Lipinski definition) is 1. The highest BCUT2D eigenvalue weighted by Crippen LogP contribution is 2.12. The van der Waals surface area contributed by atoms with Gasteiger partial charge in [-0.15, -0.1) is 0 Å². The summed E-state index contributed by atoms with van der Waals surface area (Å²) in [5.41, 5.74) is 3.47. The molecule has 0 amide bonds. The third-order valence-electron chi connectivity index (χ3n) is 3.09. The van der Waals surface area contributed by atoms with E-state index in [0.717, 1.165) is 29.5 Å². The molecule has 2 aromatic rings. The zero-order valence-electron chi connectivity index (χ0n) is 10.9. The first-order valence-corrected chi connectivity index (χ1v) is 7.14. The topological polar surface area (TPSA) is 12.0 Å². The fourth-order valence-corrected chi connectivity index (χ4v) is 2.49. The molecule has 1 nitrogen and oxygen atoms in total. The number of halogens is 2. The highest BCUT2D eigenvalue weighted by Gasteiger charge is 2.00. The molecule has 1 N–H and O–H groups in total. The molecule has 0 fully saturated rings. The largest absolute Gasteiger partial charge is 0.312 e. The predicted molar refractivity (Wildman–Crippen MR) is 80.7 cm³/mol. The highest BCUT2D eigenvalue weighted by atomic mass is 79.9. The highest BCUT2D eigenvalue weighted by molar-refractivity contribution is 9.10. The minimum Gasteiger partial charge on any atom is -0.312 e. The molecule has 0 aliphatic heterocycles. The molecule has 0 unspecified atom stereocenters. The van der Waals surface area contributed by atoms with Crippen LogP contribution in [0.4, 0.5) is 4.39 Å². The first-order chi connectivity index (χ1) is 9.15. The summed E-state index contributed by atoms with van der Waals surface area (Å²) in [6.07, 6.45) is 0.917. The van der Waals surface area contributed by atoms with Crippen LogP contribution in [0.15, 0.2) is 46.9 Å². The van der Waals surface area contributed by atoms with E-state index >= 15 is 0 Å². The molecule has 2 aromatic carbocycles. The summed E-state index contributed by atoms with van der Waals surface area (Å²) < 4.78 is 14.1. The standard InChI is InChI=1S/C16H17BrFN/c1-12-9-16(18)6-5-14(12)7-8-19-11-13-3-2-4-15(17)10-13/h2-6,9-10,19H,7-8,11H2,1H3. The van der Waals surface area contributed by atoms with Crippen molar-refractivity contribution < 1.29 is 4.39 Å². The van der Waals surface area contributed by atoms with Crippen LogP contribution in [0, 0.1) is 12.7 Å². The van der Waals surface area contributed by atoms with Gasteiger partial charge in [-0.25, -0.2) is 4.39 Å². The molecule has 0 radical (unpaired) electrons. The maximum atomic E-state index is 13.0. The summed E-state index contributed by atoms with van der Waals surface area (Å²) in [7, 11) is 0. The summed E-state index contributed by atoms with van der Waals surface area (Å²) in [6.45, 7) is 3.69. The van der Waals surface area contributed by atoms with Crippen LogP contribution in [0.25, 0.3) is 0 Å². The Morgan fingerprint density at radius 3 is 2.74 bits per heavy atom. The van der Waals surface area contributed by atoms with Crippen molar-refractivity contribution in [3.05, 3.63) is 69.4 Å². The van der Waals surface area contributed by atoms with E-state index in [0.29, 0.717) is 0 Å². The Hall–Kier alpha value is -1.19. The van der Waals surface area contributed by atoms with Crippen molar-refractivity contribution in [2.24, 2.45) is 0 Å². The molecule has 0 atom stereocenters. The Morgan fingerprint density at radius 1 is 1.16 bits per heavy atom. The summed E-state index contributed by atoms with van der Waals surface area (Å²) >= 11 is 3.46.